The first-order chi connectivity index (χ1) is 10.8. The maximum atomic E-state index is 13.2. The van der Waals surface area contributed by atoms with Gasteiger partial charge in [0.1, 0.15) is 17.3 Å². The highest BCUT2D eigenvalue weighted by molar-refractivity contribution is 5.88. The van der Waals surface area contributed by atoms with Crippen molar-refractivity contribution in [3.63, 3.8) is 0 Å². The minimum atomic E-state index is -0.249. The molecule has 2 aromatic heterocycles. The lowest BCUT2D eigenvalue weighted by Gasteiger charge is -2.18. The number of halogens is 1. The van der Waals surface area contributed by atoms with Gasteiger partial charge in [0, 0.05) is 24.5 Å². The summed E-state index contributed by atoms with van der Waals surface area (Å²) < 4.78 is 15.2. The number of nitrogens with zero attached hydrogens (tertiary/aromatic N) is 3. The molecule has 1 aliphatic heterocycles. The minimum Gasteiger partial charge on any atom is -0.305 e. The second kappa shape index (κ2) is 5.23. The number of nitrogens with one attached hydrogen (secondary N) is 2. The van der Waals surface area contributed by atoms with Crippen molar-refractivity contribution in [2.75, 3.05) is 12.0 Å². The molecular formula is C16H14FN5. The molecule has 22 heavy (non-hydrogen) atoms. The van der Waals surface area contributed by atoms with E-state index < -0.39 is 0 Å². The molecule has 0 aliphatic carbocycles. The lowest BCUT2D eigenvalue weighted by Crippen LogP contribution is -2.33. The normalized spacial score (nSPS) is 13.5. The van der Waals surface area contributed by atoms with Crippen LogP contribution in [0.4, 0.5) is 10.2 Å². The predicted octanol–water partition coefficient (Wildman–Crippen LogP) is 2.68. The van der Waals surface area contributed by atoms with Gasteiger partial charge in [0.2, 0.25) is 0 Å². The Morgan fingerprint density at radius 1 is 1.00 bits per heavy atom. The predicted molar refractivity (Wildman–Crippen MR) is 82.5 cm³/mol. The second-order valence-corrected chi connectivity index (χ2v) is 5.09. The Hall–Kier alpha value is -2.73. The second-order valence-electron chi connectivity index (χ2n) is 5.09. The molecule has 2 N–H and O–H groups in total. The molecule has 0 saturated heterocycles. The quantitative estimate of drug-likeness (QED) is 0.763. The van der Waals surface area contributed by atoms with E-state index in [4.69, 9.17) is 5.10 Å². The van der Waals surface area contributed by atoms with Gasteiger partial charge in [-0.15, -0.1) is 0 Å². The molecule has 110 valence electrons. The molecule has 4 rings (SSSR count). The van der Waals surface area contributed by atoms with Crippen LogP contribution in [0.15, 0.2) is 48.8 Å². The van der Waals surface area contributed by atoms with E-state index in [2.05, 4.69) is 15.8 Å². The van der Waals surface area contributed by atoms with Gasteiger partial charge in [-0.2, -0.15) is 5.10 Å². The molecule has 0 spiro atoms. The third-order valence-corrected chi connectivity index (χ3v) is 3.69. The summed E-state index contributed by atoms with van der Waals surface area (Å²) in [6.45, 7) is 1.58. The zero-order chi connectivity index (χ0) is 14.9. The summed E-state index contributed by atoms with van der Waals surface area (Å²) in [4.78, 5) is 4.05. The van der Waals surface area contributed by atoms with E-state index in [9.17, 15) is 4.39 Å². The molecule has 0 amide bonds. The van der Waals surface area contributed by atoms with Crippen LogP contribution in [-0.2, 0) is 6.54 Å². The first-order valence-electron chi connectivity index (χ1n) is 7.09. The molecule has 0 fully saturated rings. The van der Waals surface area contributed by atoms with Crippen LogP contribution in [-0.4, -0.2) is 21.3 Å². The molecule has 3 heterocycles. The van der Waals surface area contributed by atoms with Crippen LogP contribution in [0.3, 0.4) is 0 Å². The minimum absolute atomic E-state index is 0.249. The Balaban J connectivity index is 1.94. The molecule has 3 aromatic rings. The molecule has 0 atom stereocenters. The van der Waals surface area contributed by atoms with Gasteiger partial charge in [0.15, 0.2) is 0 Å². The van der Waals surface area contributed by atoms with Crippen molar-refractivity contribution in [3.05, 3.63) is 54.6 Å². The third kappa shape index (κ3) is 2.14. The van der Waals surface area contributed by atoms with E-state index in [-0.39, 0.29) is 5.82 Å². The summed E-state index contributed by atoms with van der Waals surface area (Å²) in [5.74, 6) is 0.644. The average molecular weight is 295 g/mol. The summed E-state index contributed by atoms with van der Waals surface area (Å²) >= 11 is 0. The number of hydrogen-bond donors (Lipinski definition) is 2. The Morgan fingerprint density at radius 2 is 1.77 bits per heavy atom. The first kappa shape index (κ1) is 13.0. The summed E-state index contributed by atoms with van der Waals surface area (Å²) in [5, 5.41) is 4.71. The van der Waals surface area contributed by atoms with Gasteiger partial charge >= 0.3 is 0 Å². The highest BCUT2D eigenvalue weighted by Gasteiger charge is 2.22. The van der Waals surface area contributed by atoms with Crippen molar-refractivity contribution in [2.45, 2.75) is 6.54 Å². The molecule has 0 radical (unpaired) electrons. The fraction of sp³-hybridized carbons (Fsp3) is 0.125. The first-order valence-corrected chi connectivity index (χ1v) is 7.09. The number of hydrazine groups is 1. The summed E-state index contributed by atoms with van der Waals surface area (Å²) in [7, 11) is 0. The van der Waals surface area contributed by atoms with Gasteiger partial charge in [0.05, 0.1) is 12.1 Å². The number of benzene rings is 1. The fourth-order valence-electron chi connectivity index (χ4n) is 2.66. The number of anilines is 1. The van der Waals surface area contributed by atoms with Gasteiger partial charge in [-0.05, 0) is 29.8 Å². The van der Waals surface area contributed by atoms with E-state index in [1.165, 1.54) is 12.1 Å². The Kier molecular flexibility index (Phi) is 3.08. The van der Waals surface area contributed by atoms with Crippen LogP contribution < -0.4 is 10.9 Å². The number of fused-ring (bicyclic) bond motifs is 1. The molecule has 1 aliphatic rings. The van der Waals surface area contributed by atoms with Crippen LogP contribution >= 0.6 is 0 Å². The van der Waals surface area contributed by atoms with E-state index in [1.54, 1.807) is 24.5 Å². The molecule has 0 saturated carbocycles. The number of pyridine rings is 1. The van der Waals surface area contributed by atoms with Gasteiger partial charge in [0.25, 0.3) is 0 Å². The lowest BCUT2D eigenvalue weighted by atomic mass is 10.0. The van der Waals surface area contributed by atoms with Crippen molar-refractivity contribution in [1.29, 1.82) is 0 Å². The highest BCUT2D eigenvalue weighted by Crippen LogP contribution is 2.37. The standard InChI is InChI=1S/C16H14FN5/c17-13-3-1-11(2-4-13)14-15(12-5-7-18-8-6-12)21-22-10-9-19-20-16(14)22/h1-8,19-20H,9-10H2. The average Bonchev–Trinajstić information content (AvgIpc) is 2.96. The Morgan fingerprint density at radius 3 is 2.55 bits per heavy atom. The maximum absolute atomic E-state index is 13.2. The van der Waals surface area contributed by atoms with Gasteiger partial charge in [-0.1, -0.05) is 12.1 Å². The van der Waals surface area contributed by atoms with Crippen molar-refractivity contribution < 1.29 is 4.39 Å². The number of rotatable bonds is 2. The Labute approximate surface area is 126 Å². The SMILES string of the molecule is Fc1ccc(-c2c(-c3ccncc3)nn3c2NNCC3)cc1. The topological polar surface area (TPSA) is 54.8 Å². The smallest absolute Gasteiger partial charge is 0.147 e. The summed E-state index contributed by atoms with van der Waals surface area (Å²) in [5.41, 5.74) is 10.0. The van der Waals surface area contributed by atoms with E-state index in [1.807, 2.05) is 16.8 Å². The molecule has 5 nitrogen and oxygen atoms in total. The van der Waals surface area contributed by atoms with Crippen LogP contribution in [0.1, 0.15) is 0 Å². The molecule has 0 bridgehead atoms. The largest absolute Gasteiger partial charge is 0.305 e. The van der Waals surface area contributed by atoms with E-state index >= 15 is 0 Å². The van der Waals surface area contributed by atoms with Gasteiger partial charge in [-0.25, -0.2) is 14.5 Å². The maximum Gasteiger partial charge on any atom is 0.147 e. The zero-order valence-electron chi connectivity index (χ0n) is 11.8. The zero-order valence-corrected chi connectivity index (χ0v) is 11.8. The third-order valence-electron chi connectivity index (χ3n) is 3.69. The number of aromatic nitrogens is 3. The van der Waals surface area contributed by atoms with E-state index in [0.717, 1.165) is 41.3 Å². The Bertz CT molecular complexity index is 795. The molecule has 6 heteroatoms. The summed E-state index contributed by atoms with van der Waals surface area (Å²) in [6.07, 6.45) is 3.49. The number of hydrogen-bond acceptors (Lipinski definition) is 4. The van der Waals surface area contributed by atoms with E-state index in [0.29, 0.717) is 0 Å². The molecule has 1 aromatic carbocycles. The monoisotopic (exact) mass is 295 g/mol. The van der Waals surface area contributed by atoms with Crippen molar-refractivity contribution >= 4 is 5.82 Å². The van der Waals surface area contributed by atoms with Crippen LogP contribution in [0, 0.1) is 5.82 Å². The van der Waals surface area contributed by atoms with Gasteiger partial charge in [-0.3, -0.25) is 4.98 Å². The van der Waals surface area contributed by atoms with Crippen LogP contribution in [0.5, 0.6) is 0 Å². The van der Waals surface area contributed by atoms with Crippen molar-refractivity contribution in [1.82, 2.24) is 20.2 Å². The van der Waals surface area contributed by atoms with Crippen molar-refractivity contribution in [3.8, 4) is 22.4 Å². The van der Waals surface area contributed by atoms with Crippen LogP contribution in [0.2, 0.25) is 0 Å². The fourth-order valence-corrected chi connectivity index (χ4v) is 2.66. The molecular weight excluding hydrogens is 281 g/mol. The lowest BCUT2D eigenvalue weighted by molar-refractivity contribution is 0.547. The van der Waals surface area contributed by atoms with Gasteiger partial charge < -0.3 is 5.43 Å². The molecule has 0 unspecified atom stereocenters. The highest BCUT2D eigenvalue weighted by atomic mass is 19.1. The van der Waals surface area contributed by atoms with Crippen molar-refractivity contribution in [2.24, 2.45) is 0 Å². The van der Waals surface area contributed by atoms with Crippen LogP contribution in [0.25, 0.3) is 22.4 Å². The summed E-state index contributed by atoms with van der Waals surface area (Å²) in [6, 6.07) is 10.3.